The third-order valence-corrected chi connectivity index (χ3v) is 3.76. The second-order valence-electron chi connectivity index (χ2n) is 4.13. The van der Waals surface area contributed by atoms with Gasteiger partial charge in [-0.15, -0.1) is 11.8 Å². The fraction of sp³-hybridized carbons (Fsp3) is 0.125. The van der Waals surface area contributed by atoms with Crippen molar-refractivity contribution in [2.24, 2.45) is 0 Å². The van der Waals surface area contributed by atoms with Gasteiger partial charge in [-0.1, -0.05) is 36.4 Å². The molecule has 0 amide bonds. The Morgan fingerprint density at radius 2 is 1.84 bits per heavy atom. The number of hydrogen-bond donors (Lipinski definition) is 2. The summed E-state index contributed by atoms with van der Waals surface area (Å²) >= 11 is 1.82. The Morgan fingerprint density at radius 3 is 2.58 bits per heavy atom. The van der Waals surface area contributed by atoms with E-state index in [-0.39, 0.29) is 0 Å². The maximum absolute atomic E-state index is 5.65. The second kappa shape index (κ2) is 6.90. The number of anilines is 2. The molecule has 0 bridgehead atoms. The average molecular weight is 270 g/mol. The first-order valence-electron chi connectivity index (χ1n) is 6.21. The van der Waals surface area contributed by atoms with E-state index in [2.05, 4.69) is 35.7 Å². The SMILES string of the molecule is CNc1ccccc1SC/C=C/c1ccc(N)cc1. The molecular formula is C16H18N2S. The number of hydrogen-bond acceptors (Lipinski definition) is 3. The molecule has 0 atom stereocenters. The first-order valence-corrected chi connectivity index (χ1v) is 7.20. The van der Waals surface area contributed by atoms with Gasteiger partial charge in [-0.05, 0) is 29.8 Å². The van der Waals surface area contributed by atoms with E-state index in [0.717, 1.165) is 11.4 Å². The molecule has 0 spiro atoms. The molecule has 0 saturated carbocycles. The Morgan fingerprint density at radius 1 is 1.11 bits per heavy atom. The molecule has 98 valence electrons. The first-order chi connectivity index (χ1) is 9.29. The normalized spacial score (nSPS) is 10.8. The van der Waals surface area contributed by atoms with Crippen LogP contribution < -0.4 is 11.1 Å². The zero-order valence-electron chi connectivity index (χ0n) is 11.0. The minimum atomic E-state index is 0.800. The highest BCUT2D eigenvalue weighted by molar-refractivity contribution is 7.99. The van der Waals surface area contributed by atoms with Crippen LogP contribution in [0.1, 0.15) is 5.56 Å². The highest BCUT2D eigenvalue weighted by Crippen LogP contribution is 2.26. The Kier molecular flexibility index (Phi) is 4.93. The van der Waals surface area contributed by atoms with Crippen LogP contribution in [0.2, 0.25) is 0 Å². The maximum atomic E-state index is 5.65. The molecule has 3 N–H and O–H groups in total. The summed E-state index contributed by atoms with van der Waals surface area (Å²) in [6.07, 6.45) is 4.29. The molecule has 0 aromatic heterocycles. The van der Waals surface area contributed by atoms with Crippen molar-refractivity contribution in [1.29, 1.82) is 0 Å². The first kappa shape index (κ1) is 13.6. The fourth-order valence-electron chi connectivity index (χ4n) is 1.73. The molecular weight excluding hydrogens is 252 g/mol. The van der Waals surface area contributed by atoms with Crippen molar-refractivity contribution in [2.45, 2.75) is 4.90 Å². The largest absolute Gasteiger partial charge is 0.399 e. The van der Waals surface area contributed by atoms with Crippen LogP contribution in [0.25, 0.3) is 6.08 Å². The summed E-state index contributed by atoms with van der Waals surface area (Å²) in [5.41, 5.74) is 8.81. The van der Waals surface area contributed by atoms with Crippen LogP contribution in [-0.4, -0.2) is 12.8 Å². The van der Waals surface area contributed by atoms with Crippen molar-refractivity contribution >= 4 is 29.2 Å². The van der Waals surface area contributed by atoms with Gasteiger partial charge in [0.2, 0.25) is 0 Å². The summed E-state index contributed by atoms with van der Waals surface area (Å²) in [6.45, 7) is 0. The van der Waals surface area contributed by atoms with Gasteiger partial charge in [-0.2, -0.15) is 0 Å². The standard InChI is InChI=1S/C16H18N2S/c1-18-15-6-2-3-7-16(15)19-12-4-5-13-8-10-14(17)11-9-13/h2-11,18H,12,17H2,1H3/b5-4+. The predicted molar refractivity (Wildman–Crippen MR) is 86.6 cm³/mol. The van der Waals surface area contributed by atoms with Gasteiger partial charge in [0.25, 0.3) is 0 Å². The second-order valence-corrected chi connectivity index (χ2v) is 5.19. The van der Waals surface area contributed by atoms with Crippen molar-refractivity contribution in [3.8, 4) is 0 Å². The zero-order chi connectivity index (χ0) is 13.5. The van der Waals surface area contributed by atoms with E-state index in [9.17, 15) is 0 Å². The molecule has 0 aliphatic rings. The van der Waals surface area contributed by atoms with Crippen LogP contribution in [0.4, 0.5) is 11.4 Å². The van der Waals surface area contributed by atoms with Crippen molar-refractivity contribution in [2.75, 3.05) is 23.9 Å². The Bertz CT molecular complexity index is 547. The fourth-order valence-corrected chi connectivity index (χ4v) is 2.60. The number of nitrogen functional groups attached to an aromatic ring is 1. The Hall–Kier alpha value is -1.87. The van der Waals surface area contributed by atoms with Crippen LogP contribution >= 0.6 is 11.8 Å². The quantitative estimate of drug-likeness (QED) is 0.634. The topological polar surface area (TPSA) is 38.0 Å². The Balaban J connectivity index is 1.91. The average Bonchev–Trinajstić information content (AvgIpc) is 2.46. The highest BCUT2D eigenvalue weighted by atomic mass is 32.2. The molecule has 0 aliphatic heterocycles. The number of nitrogens with one attached hydrogen (secondary N) is 1. The van der Waals surface area contributed by atoms with E-state index < -0.39 is 0 Å². The van der Waals surface area contributed by atoms with E-state index >= 15 is 0 Å². The predicted octanol–water partition coefficient (Wildman–Crippen LogP) is 4.12. The van der Waals surface area contributed by atoms with Crippen molar-refractivity contribution in [3.63, 3.8) is 0 Å². The molecule has 0 saturated heterocycles. The zero-order valence-corrected chi connectivity index (χ0v) is 11.8. The van der Waals surface area contributed by atoms with Gasteiger partial charge in [0.15, 0.2) is 0 Å². The lowest BCUT2D eigenvalue weighted by atomic mass is 10.2. The lowest BCUT2D eigenvalue weighted by Gasteiger charge is -2.06. The molecule has 3 heteroatoms. The summed E-state index contributed by atoms with van der Waals surface area (Å²) in [5, 5.41) is 3.20. The summed E-state index contributed by atoms with van der Waals surface area (Å²) in [4.78, 5) is 1.27. The molecule has 2 aromatic carbocycles. The number of para-hydroxylation sites is 1. The van der Waals surface area contributed by atoms with Crippen molar-refractivity contribution in [3.05, 3.63) is 60.2 Å². The van der Waals surface area contributed by atoms with Gasteiger partial charge < -0.3 is 11.1 Å². The number of benzene rings is 2. The lowest BCUT2D eigenvalue weighted by molar-refractivity contribution is 1.38. The Labute approximate surface area is 118 Å². The van der Waals surface area contributed by atoms with Gasteiger partial charge in [0.1, 0.15) is 0 Å². The monoisotopic (exact) mass is 270 g/mol. The van der Waals surface area contributed by atoms with Crippen LogP contribution in [0.5, 0.6) is 0 Å². The van der Waals surface area contributed by atoms with Crippen LogP contribution in [0.3, 0.4) is 0 Å². The van der Waals surface area contributed by atoms with Gasteiger partial charge in [-0.25, -0.2) is 0 Å². The summed E-state index contributed by atoms with van der Waals surface area (Å²) in [7, 11) is 1.95. The van der Waals surface area contributed by atoms with Gasteiger partial charge in [-0.3, -0.25) is 0 Å². The summed E-state index contributed by atoms with van der Waals surface area (Å²) in [6, 6.07) is 16.2. The molecule has 19 heavy (non-hydrogen) atoms. The van der Waals surface area contributed by atoms with Gasteiger partial charge in [0.05, 0.1) is 0 Å². The molecule has 2 nitrogen and oxygen atoms in total. The molecule has 0 unspecified atom stereocenters. The molecule has 2 aromatic rings. The molecule has 2 rings (SSSR count). The smallest absolute Gasteiger partial charge is 0.0475 e. The third kappa shape index (κ3) is 4.07. The molecule has 0 heterocycles. The molecule has 0 radical (unpaired) electrons. The molecule has 0 fully saturated rings. The third-order valence-electron chi connectivity index (χ3n) is 2.74. The lowest BCUT2D eigenvalue weighted by Crippen LogP contribution is -1.90. The van der Waals surface area contributed by atoms with Gasteiger partial charge in [0, 0.05) is 29.1 Å². The van der Waals surface area contributed by atoms with E-state index in [1.807, 2.05) is 49.1 Å². The minimum absolute atomic E-state index is 0.800. The van der Waals surface area contributed by atoms with Crippen LogP contribution in [0.15, 0.2) is 59.5 Å². The van der Waals surface area contributed by atoms with E-state index in [4.69, 9.17) is 5.73 Å². The van der Waals surface area contributed by atoms with E-state index in [1.54, 1.807) is 0 Å². The summed E-state index contributed by atoms with van der Waals surface area (Å²) < 4.78 is 0. The number of rotatable bonds is 5. The maximum Gasteiger partial charge on any atom is 0.0475 e. The number of nitrogens with two attached hydrogens (primary N) is 1. The van der Waals surface area contributed by atoms with Crippen molar-refractivity contribution < 1.29 is 0 Å². The summed E-state index contributed by atoms with van der Waals surface area (Å²) in [5.74, 6) is 0.947. The van der Waals surface area contributed by atoms with Crippen molar-refractivity contribution in [1.82, 2.24) is 0 Å². The van der Waals surface area contributed by atoms with Crippen LogP contribution in [-0.2, 0) is 0 Å². The van der Waals surface area contributed by atoms with Gasteiger partial charge >= 0.3 is 0 Å². The van der Waals surface area contributed by atoms with E-state index in [1.165, 1.54) is 16.1 Å². The molecule has 0 aliphatic carbocycles. The highest BCUT2D eigenvalue weighted by Gasteiger charge is 1.98. The number of thioether (sulfide) groups is 1. The van der Waals surface area contributed by atoms with Crippen LogP contribution in [0, 0.1) is 0 Å². The minimum Gasteiger partial charge on any atom is -0.399 e. The van der Waals surface area contributed by atoms with E-state index in [0.29, 0.717) is 0 Å².